The summed E-state index contributed by atoms with van der Waals surface area (Å²) in [6, 6.07) is 13.0. The minimum atomic E-state index is -0.336. The molecule has 0 aliphatic carbocycles. The Morgan fingerprint density at radius 2 is 2.00 bits per heavy atom. The van der Waals surface area contributed by atoms with Crippen molar-refractivity contribution in [1.82, 2.24) is 9.78 Å². The van der Waals surface area contributed by atoms with Crippen molar-refractivity contribution in [2.24, 2.45) is 5.92 Å². The van der Waals surface area contributed by atoms with Gasteiger partial charge in [-0.3, -0.25) is 4.68 Å². The van der Waals surface area contributed by atoms with E-state index in [2.05, 4.69) is 18.9 Å². The van der Waals surface area contributed by atoms with Crippen LogP contribution in [-0.2, 0) is 6.54 Å². The summed E-state index contributed by atoms with van der Waals surface area (Å²) >= 11 is 0. The molecule has 1 aromatic heterocycles. The van der Waals surface area contributed by atoms with Gasteiger partial charge in [-0.1, -0.05) is 32.0 Å². The third-order valence-corrected chi connectivity index (χ3v) is 3.73. The van der Waals surface area contributed by atoms with Gasteiger partial charge in [0.2, 0.25) is 0 Å². The Balaban J connectivity index is 1.84. The molecule has 0 atom stereocenters. The van der Waals surface area contributed by atoms with Crippen LogP contribution in [0.2, 0.25) is 0 Å². The quantitative estimate of drug-likeness (QED) is 0.535. The summed E-state index contributed by atoms with van der Waals surface area (Å²) in [6.45, 7) is 7.08. The number of ether oxygens (including phenoxy) is 1. The van der Waals surface area contributed by atoms with Crippen molar-refractivity contribution in [3.8, 4) is 5.75 Å². The van der Waals surface area contributed by atoms with Gasteiger partial charge in [0.05, 0.1) is 17.3 Å². The van der Waals surface area contributed by atoms with Crippen LogP contribution in [0.5, 0.6) is 5.75 Å². The molecule has 0 radical (unpaired) electrons. The third kappa shape index (κ3) is 3.26. The molecule has 23 heavy (non-hydrogen) atoms. The SMILES string of the molecule is Cc1ccccc1C(=O)Oc1ccc2c(cnn2CC(C)C)c1. The first-order valence-corrected chi connectivity index (χ1v) is 7.78. The van der Waals surface area contributed by atoms with Gasteiger partial charge in [0.25, 0.3) is 0 Å². The van der Waals surface area contributed by atoms with Crippen LogP contribution in [0.1, 0.15) is 29.8 Å². The van der Waals surface area contributed by atoms with Crippen LogP contribution in [0.25, 0.3) is 10.9 Å². The van der Waals surface area contributed by atoms with Crippen molar-refractivity contribution >= 4 is 16.9 Å². The Morgan fingerprint density at radius 3 is 2.74 bits per heavy atom. The molecule has 0 aliphatic heterocycles. The molecular weight excluding hydrogens is 288 g/mol. The molecule has 0 unspecified atom stereocenters. The monoisotopic (exact) mass is 308 g/mol. The Morgan fingerprint density at radius 1 is 1.22 bits per heavy atom. The molecule has 3 rings (SSSR count). The summed E-state index contributed by atoms with van der Waals surface area (Å²) in [5.41, 5.74) is 2.54. The molecule has 0 saturated carbocycles. The number of carbonyl (C=O) groups is 1. The Hall–Kier alpha value is -2.62. The first-order valence-electron chi connectivity index (χ1n) is 7.78. The number of rotatable bonds is 4. The van der Waals surface area contributed by atoms with E-state index in [0.29, 0.717) is 17.2 Å². The Bertz CT molecular complexity index is 849. The van der Waals surface area contributed by atoms with Crippen molar-refractivity contribution in [3.05, 3.63) is 59.8 Å². The normalized spacial score (nSPS) is 11.1. The maximum absolute atomic E-state index is 12.3. The van der Waals surface area contributed by atoms with Crippen molar-refractivity contribution in [3.63, 3.8) is 0 Å². The number of esters is 1. The largest absolute Gasteiger partial charge is 0.423 e. The summed E-state index contributed by atoms with van der Waals surface area (Å²) in [5, 5.41) is 5.38. The zero-order valence-electron chi connectivity index (χ0n) is 13.6. The van der Waals surface area contributed by atoms with Crippen molar-refractivity contribution < 1.29 is 9.53 Å². The molecule has 4 nitrogen and oxygen atoms in total. The lowest BCUT2D eigenvalue weighted by molar-refractivity contribution is 0.0734. The van der Waals surface area contributed by atoms with Gasteiger partial charge in [-0.2, -0.15) is 5.10 Å². The highest BCUT2D eigenvalue weighted by molar-refractivity contribution is 5.93. The van der Waals surface area contributed by atoms with Crippen LogP contribution in [0, 0.1) is 12.8 Å². The first kappa shape index (κ1) is 15.3. The molecule has 0 bridgehead atoms. The predicted octanol–water partition coefficient (Wildman–Crippen LogP) is 4.22. The molecule has 0 spiro atoms. The lowest BCUT2D eigenvalue weighted by Gasteiger charge is -2.08. The van der Waals surface area contributed by atoms with Crippen LogP contribution in [0.3, 0.4) is 0 Å². The summed E-state index contributed by atoms with van der Waals surface area (Å²) in [7, 11) is 0. The summed E-state index contributed by atoms with van der Waals surface area (Å²) in [4.78, 5) is 12.3. The van der Waals surface area contributed by atoms with Gasteiger partial charge in [0.1, 0.15) is 5.75 Å². The average Bonchev–Trinajstić information content (AvgIpc) is 2.89. The number of aromatic nitrogens is 2. The number of aryl methyl sites for hydroxylation is 1. The fourth-order valence-corrected chi connectivity index (χ4v) is 2.58. The highest BCUT2D eigenvalue weighted by atomic mass is 16.5. The number of fused-ring (bicyclic) bond motifs is 1. The van der Waals surface area contributed by atoms with E-state index in [0.717, 1.165) is 23.0 Å². The summed E-state index contributed by atoms with van der Waals surface area (Å²) in [5.74, 6) is 0.725. The lowest BCUT2D eigenvalue weighted by atomic mass is 10.1. The molecule has 0 fully saturated rings. The van der Waals surface area contributed by atoms with Gasteiger partial charge in [-0.15, -0.1) is 0 Å². The minimum absolute atomic E-state index is 0.336. The smallest absolute Gasteiger partial charge is 0.343 e. The summed E-state index contributed by atoms with van der Waals surface area (Å²) < 4.78 is 7.48. The molecule has 1 heterocycles. The molecule has 0 aliphatic rings. The standard InChI is InChI=1S/C19H20N2O2/c1-13(2)12-21-18-9-8-16(10-15(18)11-20-21)23-19(22)17-7-5-4-6-14(17)3/h4-11,13H,12H2,1-3H3. The maximum Gasteiger partial charge on any atom is 0.343 e. The van der Waals surface area contributed by atoms with Crippen molar-refractivity contribution in [2.75, 3.05) is 0 Å². The fourth-order valence-electron chi connectivity index (χ4n) is 2.58. The third-order valence-electron chi connectivity index (χ3n) is 3.73. The second kappa shape index (κ2) is 6.24. The molecule has 118 valence electrons. The van der Waals surface area contributed by atoms with Gasteiger partial charge in [0, 0.05) is 11.9 Å². The van der Waals surface area contributed by atoms with E-state index < -0.39 is 0 Å². The van der Waals surface area contributed by atoms with Crippen LogP contribution < -0.4 is 4.74 Å². The molecule has 4 heteroatoms. The second-order valence-electron chi connectivity index (χ2n) is 6.15. The van der Waals surface area contributed by atoms with Gasteiger partial charge in [0.15, 0.2) is 0 Å². The predicted molar refractivity (Wildman–Crippen MR) is 90.7 cm³/mol. The maximum atomic E-state index is 12.3. The minimum Gasteiger partial charge on any atom is -0.423 e. The average molecular weight is 308 g/mol. The Kier molecular flexibility index (Phi) is 4.15. The van der Waals surface area contributed by atoms with Gasteiger partial charge in [-0.25, -0.2) is 4.79 Å². The number of benzene rings is 2. The van der Waals surface area contributed by atoms with E-state index >= 15 is 0 Å². The van der Waals surface area contributed by atoms with Crippen LogP contribution in [0.15, 0.2) is 48.7 Å². The highest BCUT2D eigenvalue weighted by Crippen LogP contribution is 2.22. The van der Waals surface area contributed by atoms with Gasteiger partial charge >= 0.3 is 5.97 Å². The van der Waals surface area contributed by atoms with Crippen LogP contribution in [0.4, 0.5) is 0 Å². The second-order valence-corrected chi connectivity index (χ2v) is 6.15. The molecule has 0 amide bonds. The number of hydrogen-bond acceptors (Lipinski definition) is 3. The first-order chi connectivity index (χ1) is 11.0. The molecule has 2 aromatic carbocycles. The number of nitrogens with zero attached hydrogens (tertiary/aromatic N) is 2. The topological polar surface area (TPSA) is 44.1 Å². The Labute approximate surface area is 135 Å². The van der Waals surface area contributed by atoms with Crippen molar-refractivity contribution in [1.29, 1.82) is 0 Å². The van der Waals surface area contributed by atoms with Gasteiger partial charge in [-0.05, 0) is 42.7 Å². The van der Waals surface area contributed by atoms with Gasteiger partial charge < -0.3 is 4.74 Å². The summed E-state index contributed by atoms with van der Waals surface area (Å²) in [6.07, 6.45) is 1.81. The number of carbonyl (C=O) groups excluding carboxylic acids is 1. The van der Waals surface area contributed by atoms with E-state index in [-0.39, 0.29) is 5.97 Å². The van der Waals surface area contributed by atoms with E-state index in [4.69, 9.17) is 4.74 Å². The van der Waals surface area contributed by atoms with Crippen LogP contribution in [-0.4, -0.2) is 15.7 Å². The number of hydrogen-bond donors (Lipinski definition) is 0. The van der Waals surface area contributed by atoms with E-state index in [1.807, 2.05) is 54.2 Å². The zero-order valence-corrected chi connectivity index (χ0v) is 13.6. The molecule has 3 aromatic rings. The zero-order chi connectivity index (χ0) is 16.4. The van der Waals surface area contributed by atoms with E-state index in [9.17, 15) is 4.79 Å². The van der Waals surface area contributed by atoms with Crippen LogP contribution >= 0.6 is 0 Å². The highest BCUT2D eigenvalue weighted by Gasteiger charge is 2.12. The molecular formula is C19H20N2O2. The van der Waals surface area contributed by atoms with E-state index in [1.54, 1.807) is 6.07 Å². The fraction of sp³-hybridized carbons (Fsp3) is 0.263. The molecule has 0 saturated heterocycles. The molecule has 0 N–H and O–H groups in total. The van der Waals surface area contributed by atoms with Crippen molar-refractivity contribution in [2.45, 2.75) is 27.3 Å². The lowest BCUT2D eigenvalue weighted by Crippen LogP contribution is -2.10. The van der Waals surface area contributed by atoms with E-state index in [1.165, 1.54) is 0 Å².